The number of aryl methyl sites for hydroxylation is 1. The van der Waals surface area contributed by atoms with Gasteiger partial charge in [0.2, 0.25) is 0 Å². The Morgan fingerprint density at radius 1 is 1.06 bits per heavy atom. The van der Waals surface area contributed by atoms with Gasteiger partial charge >= 0.3 is 0 Å². The maximum Gasteiger partial charge on any atom is 0.159 e. The Balaban J connectivity index is 2.38. The van der Waals surface area contributed by atoms with Gasteiger partial charge in [-0.3, -0.25) is 4.79 Å². The molecule has 0 aliphatic rings. The van der Waals surface area contributed by atoms with E-state index in [0.717, 1.165) is 27.5 Å². The van der Waals surface area contributed by atoms with Crippen molar-refractivity contribution in [3.05, 3.63) is 35.4 Å². The summed E-state index contributed by atoms with van der Waals surface area (Å²) >= 11 is 0. The highest BCUT2D eigenvalue weighted by Gasteiger charge is 2.05. The van der Waals surface area contributed by atoms with E-state index in [1.54, 1.807) is 0 Å². The molecular formula is C16H24OSi. The van der Waals surface area contributed by atoms with Crippen molar-refractivity contribution in [3.63, 3.8) is 0 Å². The second-order valence-corrected chi connectivity index (χ2v) is 6.11. The molecule has 0 N–H and O–H groups in total. The van der Waals surface area contributed by atoms with Crippen LogP contribution in [0.3, 0.4) is 0 Å². The summed E-state index contributed by atoms with van der Waals surface area (Å²) in [5, 5.41) is 0. The molecule has 0 unspecified atom stereocenters. The van der Waals surface area contributed by atoms with Gasteiger partial charge in [0.05, 0.1) is 0 Å². The Bertz CT molecular complexity index is 343. The number of hydrogen-bond acceptors (Lipinski definition) is 1. The molecule has 0 bridgehead atoms. The van der Waals surface area contributed by atoms with E-state index in [0.29, 0.717) is 5.78 Å². The van der Waals surface area contributed by atoms with Crippen molar-refractivity contribution < 1.29 is 4.79 Å². The fraction of sp³-hybridized carbons (Fsp3) is 0.562. The van der Waals surface area contributed by atoms with Crippen LogP contribution in [0.15, 0.2) is 24.3 Å². The molecule has 18 heavy (non-hydrogen) atoms. The minimum absolute atomic E-state index is 0.312. The van der Waals surface area contributed by atoms with Crippen LogP contribution in [0.4, 0.5) is 0 Å². The number of ketones is 1. The molecular weight excluding hydrogens is 236 g/mol. The van der Waals surface area contributed by atoms with Crippen molar-refractivity contribution in [3.8, 4) is 0 Å². The predicted octanol–water partition coefficient (Wildman–Crippen LogP) is 4.55. The van der Waals surface area contributed by atoms with Gasteiger partial charge in [-0.1, -0.05) is 63.4 Å². The Hall–Kier alpha value is -0.893. The van der Waals surface area contributed by atoms with E-state index in [9.17, 15) is 4.79 Å². The molecule has 2 radical (unpaired) electrons. The number of benzene rings is 1. The maximum atomic E-state index is 11.9. The van der Waals surface area contributed by atoms with Crippen molar-refractivity contribution in [2.24, 2.45) is 0 Å². The summed E-state index contributed by atoms with van der Waals surface area (Å²) in [6, 6.07) is 10.1. The third-order valence-corrected chi connectivity index (χ3v) is 4.37. The second-order valence-electron chi connectivity index (χ2n) is 4.75. The molecule has 1 nitrogen and oxygen atoms in total. The zero-order chi connectivity index (χ0) is 13.2. The number of unbranched alkanes of at least 4 members (excludes halogenated alkanes) is 2. The number of rotatable bonds is 9. The topological polar surface area (TPSA) is 17.1 Å². The van der Waals surface area contributed by atoms with Crippen molar-refractivity contribution in [1.29, 1.82) is 0 Å². The van der Waals surface area contributed by atoms with E-state index in [1.807, 2.05) is 12.1 Å². The van der Waals surface area contributed by atoms with Crippen LogP contribution in [0.5, 0.6) is 0 Å². The maximum absolute atomic E-state index is 11.9. The van der Waals surface area contributed by atoms with Gasteiger partial charge in [-0.2, -0.15) is 0 Å². The van der Waals surface area contributed by atoms with Crippen molar-refractivity contribution in [2.75, 3.05) is 0 Å². The first-order valence-corrected chi connectivity index (χ1v) is 8.52. The van der Waals surface area contributed by atoms with Crippen LogP contribution in [0.2, 0.25) is 12.1 Å². The average molecular weight is 260 g/mol. The molecule has 0 aliphatic heterocycles. The highest BCUT2D eigenvalue weighted by atomic mass is 28.2. The molecule has 1 aromatic carbocycles. The number of carbonyl (C=O) groups excluding carboxylic acids is 1. The van der Waals surface area contributed by atoms with Crippen LogP contribution >= 0.6 is 0 Å². The van der Waals surface area contributed by atoms with Gasteiger partial charge in [0.25, 0.3) is 0 Å². The molecule has 1 aromatic rings. The van der Waals surface area contributed by atoms with Crippen LogP contribution in [0, 0.1) is 0 Å². The predicted molar refractivity (Wildman–Crippen MR) is 79.7 cm³/mol. The third-order valence-electron chi connectivity index (χ3n) is 3.09. The smallest absolute Gasteiger partial charge is 0.159 e. The minimum atomic E-state index is 0.312. The Morgan fingerprint density at radius 2 is 1.72 bits per heavy atom. The van der Waals surface area contributed by atoms with E-state index in [2.05, 4.69) is 26.0 Å². The number of Topliss-reactive ketones (excluding diaryl/α,β-unsaturated/α-hetero) is 1. The summed E-state index contributed by atoms with van der Waals surface area (Å²) in [7, 11) is 0.793. The van der Waals surface area contributed by atoms with Crippen LogP contribution in [0.1, 0.15) is 55.5 Å². The van der Waals surface area contributed by atoms with Crippen LogP contribution < -0.4 is 0 Å². The lowest BCUT2D eigenvalue weighted by molar-refractivity contribution is 0.101. The van der Waals surface area contributed by atoms with E-state index in [4.69, 9.17) is 0 Å². The summed E-state index contributed by atoms with van der Waals surface area (Å²) in [5.41, 5.74) is 2.24. The van der Waals surface area contributed by atoms with Crippen molar-refractivity contribution in [2.45, 2.75) is 58.0 Å². The quantitative estimate of drug-likeness (QED) is 0.361. The Kier molecular flexibility index (Phi) is 7.66. The number of carbonyl (C=O) groups is 1. The molecule has 0 aliphatic carbocycles. The van der Waals surface area contributed by atoms with Gasteiger partial charge in [0, 0.05) is 21.1 Å². The third kappa shape index (κ3) is 5.63. The molecule has 0 fully saturated rings. The van der Waals surface area contributed by atoms with Gasteiger partial charge in [-0.25, -0.2) is 0 Å². The molecule has 2 heteroatoms. The summed E-state index contributed by atoms with van der Waals surface area (Å²) in [4.78, 5) is 11.9. The molecule has 0 amide bonds. The van der Waals surface area contributed by atoms with Gasteiger partial charge in [0.15, 0.2) is 5.78 Å². The van der Waals surface area contributed by atoms with Crippen LogP contribution in [0.25, 0.3) is 0 Å². The lowest BCUT2D eigenvalue weighted by atomic mass is 10.0. The van der Waals surface area contributed by atoms with E-state index < -0.39 is 0 Å². The molecule has 0 spiro atoms. The van der Waals surface area contributed by atoms with Crippen molar-refractivity contribution >= 4 is 15.3 Å². The Labute approximate surface area is 114 Å². The molecule has 0 aromatic heterocycles. The SMILES string of the molecule is CCCC[Si]CC(=O)c1ccc(CCCC)cc1. The van der Waals surface area contributed by atoms with E-state index >= 15 is 0 Å². The normalized spacial score (nSPS) is 10.6. The lowest BCUT2D eigenvalue weighted by Gasteiger charge is -2.03. The molecule has 0 saturated heterocycles. The summed E-state index contributed by atoms with van der Waals surface area (Å²) in [6.07, 6.45) is 6.06. The van der Waals surface area contributed by atoms with Gasteiger partial charge in [0.1, 0.15) is 0 Å². The standard InChI is InChI=1S/C16H24OSi/c1-3-5-7-14-8-10-15(11-9-14)16(17)13-18-12-6-4-2/h8-11H,3-7,12-13H2,1-2H3. The highest BCUT2D eigenvalue weighted by Crippen LogP contribution is 2.10. The minimum Gasteiger partial charge on any atom is -0.295 e. The molecule has 0 atom stereocenters. The first-order valence-electron chi connectivity index (χ1n) is 7.10. The van der Waals surface area contributed by atoms with Crippen molar-refractivity contribution in [1.82, 2.24) is 0 Å². The van der Waals surface area contributed by atoms with Crippen LogP contribution in [-0.2, 0) is 6.42 Å². The van der Waals surface area contributed by atoms with Gasteiger partial charge < -0.3 is 0 Å². The molecule has 0 heterocycles. The largest absolute Gasteiger partial charge is 0.295 e. The second kappa shape index (κ2) is 9.09. The average Bonchev–Trinajstić information content (AvgIpc) is 2.41. The molecule has 98 valence electrons. The zero-order valence-corrected chi connectivity index (χ0v) is 12.7. The van der Waals surface area contributed by atoms with E-state index in [-0.39, 0.29) is 0 Å². The number of hydrogen-bond donors (Lipinski definition) is 0. The summed E-state index contributed by atoms with van der Waals surface area (Å²) < 4.78 is 0. The fourth-order valence-corrected chi connectivity index (χ4v) is 3.06. The zero-order valence-electron chi connectivity index (χ0n) is 11.7. The molecule has 0 saturated carbocycles. The van der Waals surface area contributed by atoms with E-state index in [1.165, 1.54) is 37.3 Å². The van der Waals surface area contributed by atoms with Gasteiger partial charge in [-0.05, 0) is 18.4 Å². The Morgan fingerprint density at radius 3 is 2.33 bits per heavy atom. The summed E-state index contributed by atoms with van der Waals surface area (Å²) in [5.74, 6) is 0.312. The lowest BCUT2D eigenvalue weighted by Crippen LogP contribution is -2.03. The van der Waals surface area contributed by atoms with Gasteiger partial charge in [-0.15, -0.1) is 0 Å². The summed E-state index contributed by atoms with van der Waals surface area (Å²) in [6.45, 7) is 4.40. The first-order chi connectivity index (χ1) is 8.77. The molecule has 1 rings (SSSR count). The first kappa shape index (κ1) is 15.2. The van der Waals surface area contributed by atoms with Crippen LogP contribution in [-0.4, -0.2) is 15.3 Å². The monoisotopic (exact) mass is 260 g/mol. The fourth-order valence-electron chi connectivity index (χ4n) is 1.84. The highest BCUT2D eigenvalue weighted by molar-refractivity contribution is 6.42.